The van der Waals surface area contributed by atoms with Crippen LogP contribution in [0.15, 0.2) is 71.9 Å². The van der Waals surface area contributed by atoms with E-state index in [1.165, 1.54) is 12.1 Å². The minimum Gasteiger partial charge on any atom is -0.394 e. The number of nitrogens with zero attached hydrogens (tertiary/aromatic N) is 1. The number of aliphatic hydroxyl groups excluding tert-OH is 1. The molecule has 1 amide bonds. The molecule has 0 fully saturated rings. The van der Waals surface area contributed by atoms with Crippen LogP contribution in [0.4, 0.5) is 4.39 Å². The number of nitrogens with one attached hydrogen (secondary N) is 1. The zero-order valence-electron chi connectivity index (χ0n) is 14.8. The van der Waals surface area contributed by atoms with Crippen molar-refractivity contribution in [1.29, 1.82) is 0 Å². The van der Waals surface area contributed by atoms with Gasteiger partial charge in [-0.15, -0.1) is 11.8 Å². The average molecular weight is 417 g/mol. The molecule has 2 aromatic carbocycles. The summed E-state index contributed by atoms with van der Waals surface area (Å²) in [6.07, 6.45) is 3.55. The molecule has 1 heterocycles. The molecule has 1 aromatic heterocycles. The van der Waals surface area contributed by atoms with Crippen LogP contribution >= 0.6 is 23.4 Å². The fraction of sp³-hybridized carbons (Fsp3) is 0.143. The summed E-state index contributed by atoms with van der Waals surface area (Å²) in [6, 6.07) is 14.6. The van der Waals surface area contributed by atoms with Gasteiger partial charge in [0.15, 0.2) is 0 Å². The summed E-state index contributed by atoms with van der Waals surface area (Å²) in [7, 11) is 0. The summed E-state index contributed by atoms with van der Waals surface area (Å²) in [5.41, 5.74) is 1.68. The Hall–Kier alpha value is -2.41. The lowest BCUT2D eigenvalue weighted by Crippen LogP contribution is -2.31. The molecule has 0 bridgehead atoms. The van der Waals surface area contributed by atoms with Gasteiger partial charge in [-0.25, -0.2) is 4.39 Å². The van der Waals surface area contributed by atoms with Crippen LogP contribution in [-0.4, -0.2) is 22.6 Å². The Balaban J connectivity index is 1.64. The SMILES string of the molecule is O=C(N[C@@H](CO)c1cccc(Cl)c1F)c1ccc(SCc2cccnc2)cc1. The van der Waals surface area contributed by atoms with Gasteiger partial charge in [0, 0.05) is 34.2 Å². The first-order valence-corrected chi connectivity index (χ1v) is 9.92. The molecule has 28 heavy (non-hydrogen) atoms. The smallest absolute Gasteiger partial charge is 0.251 e. The van der Waals surface area contributed by atoms with Crippen molar-refractivity contribution in [2.45, 2.75) is 16.7 Å². The van der Waals surface area contributed by atoms with Crippen LogP contribution in [0.25, 0.3) is 0 Å². The van der Waals surface area contributed by atoms with Crippen molar-refractivity contribution in [2.75, 3.05) is 6.61 Å². The van der Waals surface area contributed by atoms with Crippen LogP contribution in [0.1, 0.15) is 27.5 Å². The molecule has 0 aliphatic heterocycles. The topological polar surface area (TPSA) is 62.2 Å². The molecule has 0 aliphatic rings. The van der Waals surface area contributed by atoms with E-state index in [4.69, 9.17) is 11.6 Å². The molecular formula is C21H18ClFN2O2S. The van der Waals surface area contributed by atoms with Crippen molar-refractivity contribution < 1.29 is 14.3 Å². The number of aromatic nitrogens is 1. The Morgan fingerprint density at radius 1 is 1.18 bits per heavy atom. The van der Waals surface area contributed by atoms with Crippen molar-refractivity contribution >= 4 is 29.3 Å². The molecular weight excluding hydrogens is 399 g/mol. The van der Waals surface area contributed by atoms with Gasteiger partial charge in [0.25, 0.3) is 5.91 Å². The fourth-order valence-electron chi connectivity index (χ4n) is 2.61. The van der Waals surface area contributed by atoms with Crippen LogP contribution in [0.2, 0.25) is 5.02 Å². The Labute approximate surface area is 171 Å². The first-order chi connectivity index (χ1) is 13.6. The largest absolute Gasteiger partial charge is 0.394 e. The highest BCUT2D eigenvalue weighted by molar-refractivity contribution is 7.98. The van der Waals surface area contributed by atoms with E-state index in [1.807, 2.05) is 30.5 Å². The minimum absolute atomic E-state index is 0.0554. The van der Waals surface area contributed by atoms with Gasteiger partial charge in [-0.05, 0) is 42.0 Å². The highest BCUT2D eigenvalue weighted by atomic mass is 35.5. The first kappa shape index (κ1) is 20.3. The summed E-state index contributed by atoms with van der Waals surface area (Å²) in [5, 5.41) is 12.2. The Kier molecular flexibility index (Phi) is 7.03. The third-order valence-electron chi connectivity index (χ3n) is 4.09. The molecule has 0 aliphatic carbocycles. The molecule has 0 spiro atoms. The number of hydrogen-bond acceptors (Lipinski definition) is 4. The minimum atomic E-state index is -0.883. The van der Waals surface area contributed by atoms with Crippen molar-refractivity contribution in [2.24, 2.45) is 0 Å². The van der Waals surface area contributed by atoms with Crippen LogP contribution in [0, 0.1) is 5.82 Å². The second-order valence-corrected chi connectivity index (χ2v) is 7.48. The Bertz CT molecular complexity index is 939. The monoisotopic (exact) mass is 416 g/mol. The van der Waals surface area contributed by atoms with E-state index in [1.54, 1.807) is 36.2 Å². The average Bonchev–Trinajstić information content (AvgIpc) is 2.73. The standard InChI is InChI=1S/C21H18ClFN2O2S/c22-18-5-1-4-17(20(18)23)19(12-26)25-21(27)15-6-8-16(9-7-15)28-13-14-3-2-10-24-11-14/h1-11,19,26H,12-13H2,(H,25,27)/t19-/m0/s1. The maximum Gasteiger partial charge on any atom is 0.251 e. The number of carbonyl (C=O) groups is 1. The summed E-state index contributed by atoms with van der Waals surface area (Å²) in [4.78, 5) is 17.6. The summed E-state index contributed by atoms with van der Waals surface area (Å²) >= 11 is 7.42. The number of halogens is 2. The molecule has 3 rings (SSSR count). The number of carbonyl (C=O) groups excluding carboxylic acids is 1. The lowest BCUT2D eigenvalue weighted by Gasteiger charge is -2.18. The van der Waals surface area contributed by atoms with Gasteiger partial charge in [0.1, 0.15) is 5.82 Å². The lowest BCUT2D eigenvalue weighted by atomic mass is 10.1. The van der Waals surface area contributed by atoms with Crippen LogP contribution in [0.3, 0.4) is 0 Å². The predicted octanol–water partition coefficient (Wildman–Crippen LogP) is 4.63. The molecule has 4 nitrogen and oxygen atoms in total. The van der Waals surface area contributed by atoms with Crippen LogP contribution in [0.5, 0.6) is 0 Å². The Morgan fingerprint density at radius 3 is 2.64 bits per heavy atom. The molecule has 2 N–H and O–H groups in total. The fourth-order valence-corrected chi connectivity index (χ4v) is 3.62. The second kappa shape index (κ2) is 9.68. The van der Waals surface area contributed by atoms with E-state index < -0.39 is 24.4 Å². The highest BCUT2D eigenvalue weighted by Gasteiger charge is 2.19. The summed E-state index contributed by atoms with van der Waals surface area (Å²) < 4.78 is 14.2. The van der Waals surface area contributed by atoms with Gasteiger partial charge in [-0.1, -0.05) is 29.8 Å². The maximum absolute atomic E-state index is 14.2. The van der Waals surface area contributed by atoms with Crippen molar-refractivity contribution in [1.82, 2.24) is 10.3 Å². The van der Waals surface area contributed by atoms with E-state index >= 15 is 0 Å². The molecule has 1 atom stereocenters. The van der Waals surface area contributed by atoms with Crippen molar-refractivity contribution in [3.8, 4) is 0 Å². The summed E-state index contributed by atoms with van der Waals surface area (Å²) in [6.45, 7) is -0.442. The number of amides is 1. The number of pyridine rings is 1. The van der Waals surface area contributed by atoms with E-state index in [0.717, 1.165) is 16.2 Å². The van der Waals surface area contributed by atoms with Crippen LogP contribution in [-0.2, 0) is 5.75 Å². The summed E-state index contributed by atoms with van der Waals surface area (Å²) in [5.74, 6) is -0.270. The van der Waals surface area contributed by atoms with Gasteiger partial charge in [-0.2, -0.15) is 0 Å². The number of thioether (sulfide) groups is 1. The highest BCUT2D eigenvalue weighted by Crippen LogP contribution is 2.25. The van der Waals surface area contributed by atoms with Crippen molar-refractivity contribution in [3.63, 3.8) is 0 Å². The van der Waals surface area contributed by atoms with Gasteiger partial charge >= 0.3 is 0 Å². The lowest BCUT2D eigenvalue weighted by molar-refractivity contribution is 0.0915. The van der Waals surface area contributed by atoms with Gasteiger partial charge in [0.2, 0.25) is 0 Å². The van der Waals surface area contributed by atoms with E-state index in [2.05, 4.69) is 10.3 Å². The van der Waals surface area contributed by atoms with E-state index in [9.17, 15) is 14.3 Å². The molecule has 7 heteroatoms. The molecule has 0 saturated carbocycles. The number of benzene rings is 2. The molecule has 0 radical (unpaired) electrons. The molecule has 3 aromatic rings. The molecule has 144 valence electrons. The third-order valence-corrected chi connectivity index (χ3v) is 5.46. The number of hydrogen-bond donors (Lipinski definition) is 2. The zero-order chi connectivity index (χ0) is 19.9. The number of rotatable bonds is 7. The maximum atomic E-state index is 14.2. The number of aliphatic hydroxyl groups is 1. The quantitative estimate of drug-likeness (QED) is 0.551. The van der Waals surface area contributed by atoms with Crippen molar-refractivity contribution in [3.05, 3.63) is 94.5 Å². The first-order valence-electron chi connectivity index (χ1n) is 8.56. The van der Waals surface area contributed by atoms with Gasteiger partial charge in [-0.3, -0.25) is 9.78 Å². The zero-order valence-corrected chi connectivity index (χ0v) is 16.4. The molecule has 0 unspecified atom stereocenters. The Morgan fingerprint density at radius 2 is 1.96 bits per heavy atom. The van der Waals surface area contributed by atoms with Gasteiger partial charge < -0.3 is 10.4 Å². The van der Waals surface area contributed by atoms with Crippen LogP contribution < -0.4 is 5.32 Å². The predicted molar refractivity (Wildman–Crippen MR) is 109 cm³/mol. The van der Waals surface area contributed by atoms with E-state index in [-0.39, 0.29) is 10.6 Å². The van der Waals surface area contributed by atoms with E-state index in [0.29, 0.717) is 5.56 Å². The normalized spacial score (nSPS) is 11.8. The third kappa shape index (κ3) is 5.10. The molecule has 0 saturated heterocycles. The second-order valence-electron chi connectivity index (χ2n) is 6.03. The van der Waals surface area contributed by atoms with Gasteiger partial charge in [0.05, 0.1) is 17.7 Å².